The lowest BCUT2D eigenvalue weighted by Gasteiger charge is -2.26. The van der Waals surface area contributed by atoms with Crippen molar-refractivity contribution in [3.63, 3.8) is 0 Å². The Balaban J connectivity index is 1.33. The van der Waals surface area contributed by atoms with Crippen molar-refractivity contribution in [2.24, 2.45) is 0 Å². The Hall–Kier alpha value is -6.70. The molecule has 0 unspecified atom stereocenters. The molecule has 0 saturated heterocycles. The molecular weight excluding hydrogens is 615 g/mol. The first-order valence-corrected chi connectivity index (χ1v) is 17.6. The number of fused-ring (bicyclic) bond motifs is 8. The molecule has 10 aromatic rings. The summed E-state index contributed by atoms with van der Waals surface area (Å²) < 4.78 is 0. The quantitative estimate of drug-likeness (QED) is 0.133. The van der Waals surface area contributed by atoms with Crippen LogP contribution in [-0.4, -0.2) is 0 Å². The molecule has 0 aliphatic rings. The van der Waals surface area contributed by atoms with Crippen molar-refractivity contribution < 1.29 is 0 Å². The van der Waals surface area contributed by atoms with Gasteiger partial charge in [0.2, 0.25) is 0 Å². The van der Waals surface area contributed by atoms with Gasteiger partial charge in [0.15, 0.2) is 0 Å². The van der Waals surface area contributed by atoms with E-state index < -0.39 is 0 Å². The van der Waals surface area contributed by atoms with Crippen molar-refractivity contribution in [1.82, 2.24) is 0 Å². The van der Waals surface area contributed by atoms with E-state index in [0.717, 1.165) is 17.1 Å². The zero-order valence-electron chi connectivity index (χ0n) is 28.0. The van der Waals surface area contributed by atoms with Gasteiger partial charge in [0.1, 0.15) is 0 Å². The minimum absolute atomic E-state index is 1.12. The second-order valence-corrected chi connectivity index (χ2v) is 13.2. The molecule has 0 atom stereocenters. The van der Waals surface area contributed by atoms with Crippen LogP contribution in [0.15, 0.2) is 200 Å². The van der Waals surface area contributed by atoms with E-state index in [-0.39, 0.29) is 0 Å². The second-order valence-electron chi connectivity index (χ2n) is 13.2. The number of hydrogen-bond donors (Lipinski definition) is 0. The summed E-state index contributed by atoms with van der Waals surface area (Å²) in [5.41, 5.74) is 8.40. The zero-order valence-corrected chi connectivity index (χ0v) is 28.0. The number of rotatable bonds is 5. The molecule has 1 heteroatoms. The van der Waals surface area contributed by atoms with Crippen LogP contribution in [0.25, 0.3) is 76.1 Å². The Morgan fingerprint density at radius 3 is 1.25 bits per heavy atom. The van der Waals surface area contributed by atoms with Gasteiger partial charge in [-0.05, 0) is 113 Å². The molecule has 0 amide bonds. The third-order valence-electron chi connectivity index (χ3n) is 10.4. The first-order valence-electron chi connectivity index (χ1n) is 17.6. The standard InChI is InChI=1S/C50H33N/c1-3-18-36(19-4-1)51(37-20-5-2-6-21-37)38-32-30-35(31-33-38)47-45-27-13-14-28-46(45)48(42-29-15-17-34-16-7-8-22-39(34)42)50-44-26-12-10-24-41(44)40-23-9-11-25-43(40)49(47)50/h1-33H. The SMILES string of the molecule is c1ccc(N(c2ccccc2)c2ccc(-c3c4ccccc4c(-c4cccc5ccccc45)c4c5ccccc5c5ccccc5c34)cc2)cc1. The minimum atomic E-state index is 1.12. The molecule has 238 valence electrons. The van der Waals surface area contributed by atoms with Gasteiger partial charge in [0, 0.05) is 17.1 Å². The Morgan fingerprint density at radius 1 is 0.255 bits per heavy atom. The van der Waals surface area contributed by atoms with Crippen LogP contribution >= 0.6 is 0 Å². The smallest absolute Gasteiger partial charge is 0.0462 e. The summed E-state index contributed by atoms with van der Waals surface area (Å²) in [6.07, 6.45) is 0. The predicted molar refractivity (Wildman–Crippen MR) is 220 cm³/mol. The van der Waals surface area contributed by atoms with Crippen LogP contribution in [0.3, 0.4) is 0 Å². The highest BCUT2D eigenvalue weighted by atomic mass is 15.1. The molecule has 0 fully saturated rings. The van der Waals surface area contributed by atoms with Crippen molar-refractivity contribution in [3.05, 3.63) is 200 Å². The largest absolute Gasteiger partial charge is 0.311 e. The Morgan fingerprint density at radius 2 is 0.667 bits per heavy atom. The van der Waals surface area contributed by atoms with Crippen molar-refractivity contribution in [2.75, 3.05) is 4.90 Å². The molecule has 0 saturated carbocycles. The van der Waals surface area contributed by atoms with Crippen molar-refractivity contribution in [3.8, 4) is 22.3 Å². The maximum absolute atomic E-state index is 2.33. The summed E-state index contributed by atoms with van der Waals surface area (Å²) in [4.78, 5) is 2.33. The lowest BCUT2D eigenvalue weighted by Crippen LogP contribution is -2.09. The highest BCUT2D eigenvalue weighted by Gasteiger charge is 2.22. The average molecular weight is 648 g/mol. The van der Waals surface area contributed by atoms with E-state index in [9.17, 15) is 0 Å². The fourth-order valence-corrected chi connectivity index (χ4v) is 8.25. The highest BCUT2D eigenvalue weighted by molar-refractivity contribution is 6.37. The number of hydrogen-bond acceptors (Lipinski definition) is 1. The van der Waals surface area contributed by atoms with E-state index in [0.29, 0.717) is 0 Å². The Kier molecular flexibility index (Phi) is 6.89. The molecule has 0 aliphatic heterocycles. The summed E-state index contributed by atoms with van der Waals surface area (Å²) in [7, 11) is 0. The van der Waals surface area contributed by atoms with Gasteiger partial charge in [-0.2, -0.15) is 0 Å². The van der Waals surface area contributed by atoms with Crippen molar-refractivity contribution in [2.45, 2.75) is 0 Å². The van der Waals surface area contributed by atoms with Gasteiger partial charge < -0.3 is 4.90 Å². The first-order chi connectivity index (χ1) is 25.3. The average Bonchev–Trinajstić information content (AvgIpc) is 3.21. The zero-order chi connectivity index (χ0) is 33.7. The van der Waals surface area contributed by atoms with Crippen LogP contribution in [0.4, 0.5) is 17.1 Å². The number of para-hydroxylation sites is 2. The maximum atomic E-state index is 2.33. The Bertz CT molecular complexity index is 2850. The summed E-state index contributed by atoms with van der Waals surface area (Å²) in [6, 6.07) is 72.9. The summed E-state index contributed by atoms with van der Waals surface area (Å²) in [5.74, 6) is 0. The van der Waals surface area contributed by atoms with E-state index in [2.05, 4.69) is 205 Å². The number of nitrogens with zero attached hydrogens (tertiary/aromatic N) is 1. The van der Waals surface area contributed by atoms with Crippen LogP contribution in [0.1, 0.15) is 0 Å². The molecule has 0 bridgehead atoms. The summed E-state index contributed by atoms with van der Waals surface area (Å²) in [6.45, 7) is 0. The third-order valence-corrected chi connectivity index (χ3v) is 10.4. The molecule has 0 aromatic heterocycles. The van der Waals surface area contributed by atoms with E-state index in [1.165, 1.54) is 76.1 Å². The maximum Gasteiger partial charge on any atom is 0.0462 e. The van der Waals surface area contributed by atoms with Gasteiger partial charge in [0.25, 0.3) is 0 Å². The molecule has 10 rings (SSSR count). The van der Waals surface area contributed by atoms with Crippen LogP contribution in [-0.2, 0) is 0 Å². The van der Waals surface area contributed by atoms with Crippen molar-refractivity contribution in [1.29, 1.82) is 0 Å². The van der Waals surface area contributed by atoms with E-state index in [4.69, 9.17) is 0 Å². The monoisotopic (exact) mass is 647 g/mol. The molecule has 0 N–H and O–H groups in total. The number of anilines is 3. The summed E-state index contributed by atoms with van der Waals surface area (Å²) >= 11 is 0. The molecule has 10 aromatic carbocycles. The summed E-state index contributed by atoms with van der Waals surface area (Å²) in [5, 5.41) is 12.7. The van der Waals surface area contributed by atoms with E-state index in [1.54, 1.807) is 0 Å². The first kappa shape index (κ1) is 29.2. The lowest BCUT2D eigenvalue weighted by atomic mass is 9.81. The minimum Gasteiger partial charge on any atom is -0.311 e. The van der Waals surface area contributed by atoms with E-state index >= 15 is 0 Å². The van der Waals surface area contributed by atoms with Gasteiger partial charge in [-0.25, -0.2) is 0 Å². The Labute approximate surface area is 297 Å². The highest BCUT2D eigenvalue weighted by Crippen LogP contribution is 2.50. The molecule has 1 nitrogen and oxygen atoms in total. The normalized spacial score (nSPS) is 11.5. The molecule has 0 aliphatic carbocycles. The predicted octanol–water partition coefficient (Wildman–Crippen LogP) is 14.3. The molecule has 51 heavy (non-hydrogen) atoms. The van der Waals surface area contributed by atoms with Crippen LogP contribution in [0.2, 0.25) is 0 Å². The van der Waals surface area contributed by atoms with Gasteiger partial charge in [-0.1, -0.05) is 164 Å². The van der Waals surface area contributed by atoms with Crippen LogP contribution in [0.5, 0.6) is 0 Å². The molecule has 0 heterocycles. The van der Waals surface area contributed by atoms with Gasteiger partial charge >= 0.3 is 0 Å². The lowest BCUT2D eigenvalue weighted by molar-refractivity contribution is 1.28. The van der Waals surface area contributed by atoms with Crippen LogP contribution in [0, 0.1) is 0 Å². The second kappa shape index (κ2) is 12.0. The molecule has 0 spiro atoms. The third kappa shape index (κ3) is 4.70. The fourth-order valence-electron chi connectivity index (χ4n) is 8.25. The van der Waals surface area contributed by atoms with Gasteiger partial charge in [-0.15, -0.1) is 0 Å². The van der Waals surface area contributed by atoms with Gasteiger partial charge in [-0.3, -0.25) is 0 Å². The van der Waals surface area contributed by atoms with E-state index in [1.807, 2.05) is 0 Å². The number of benzene rings is 10. The van der Waals surface area contributed by atoms with Crippen molar-refractivity contribution >= 4 is 70.9 Å². The van der Waals surface area contributed by atoms with Gasteiger partial charge in [0.05, 0.1) is 0 Å². The van der Waals surface area contributed by atoms with Crippen LogP contribution < -0.4 is 4.90 Å². The topological polar surface area (TPSA) is 3.24 Å². The fraction of sp³-hybridized carbons (Fsp3) is 0. The molecule has 0 radical (unpaired) electrons. The molecular formula is C50H33N.